The summed E-state index contributed by atoms with van der Waals surface area (Å²) in [5.74, 6) is 1.37. The Morgan fingerprint density at radius 2 is 1.61 bits per heavy atom. The first kappa shape index (κ1) is 20.8. The Balaban J connectivity index is 1.77. The molecular weight excluding hydrogens is 414 g/mol. The lowest BCUT2D eigenvalue weighted by atomic mass is 10.0. The van der Waals surface area contributed by atoms with Crippen molar-refractivity contribution in [1.82, 2.24) is 0 Å². The fourth-order valence-electron chi connectivity index (χ4n) is 3.31. The summed E-state index contributed by atoms with van der Waals surface area (Å²) in [7, 11) is 3.04. The first-order chi connectivity index (χ1) is 15.0. The number of furan rings is 1. The second-order valence-corrected chi connectivity index (χ2v) is 7.94. The molecule has 158 valence electrons. The molecule has 0 N–H and O–H groups in total. The number of thioether (sulfide) groups is 1. The Morgan fingerprint density at radius 3 is 2.19 bits per heavy atom. The standard InChI is InChI=1S/C24H21NO5S/c1-15-6-8-16(9-7-15)21-22(31-14-18-5-4-10-30-18)24(27)25(23(21)26)17-11-19(28-2)13-20(12-17)29-3/h4-13H,14H2,1-3H3. The van der Waals surface area contributed by atoms with E-state index in [2.05, 4.69) is 0 Å². The lowest BCUT2D eigenvalue weighted by Crippen LogP contribution is -2.31. The van der Waals surface area contributed by atoms with E-state index in [1.165, 1.54) is 30.9 Å². The zero-order chi connectivity index (χ0) is 22.0. The summed E-state index contributed by atoms with van der Waals surface area (Å²) < 4.78 is 16.0. The molecule has 3 aromatic rings. The molecule has 0 saturated heterocycles. The van der Waals surface area contributed by atoms with Gasteiger partial charge in [0.2, 0.25) is 0 Å². The predicted molar refractivity (Wildman–Crippen MR) is 120 cm³/mol. The number of nitrogens with zero attached hydrogens (tertiary/aromatic N) is 1. The molecule has 0 radical (unpaired) electrons. The first-order valence-electron chi connectivity index (χ1n) is 9.60. The van der Waals surface area contributed by atoms with Crippen LogP contribution in [0.1, 0.15) is 16.9 Å². The summed E-state index contributed by atoms with van der Waals surface area (Å²) in [6.07, 6.45) is 1.58. The molecule has 0 saturated carbocycles. The van der Waals surface area contributed by atoms with Crippen molar-refractivity contribution >= 4 is 34.8 Å². The molecule has 0 unspecified atom stereocenters. The van der Waals surface area contributed by atoms with Gasteiger partial charge in [0.15, 0.2) is 0 Å². The zero-order valence-electron chi connectivity index (χ0n) is 17.4. The van der Waals surface area contributed by atoms with Gasteiger partial charge in [0, 0.05) is 18.2 Å². The van der Waals surface area contributed by atoms with Crippen molar-refractivity contribution in [2.75, 3.05) is 19.1 Å². The molecule has 0 spiro atoms. The monoisotopic (exact) mass is 435 g/mol. The van der Waals surface area contributed by atoms with Gasteiger partial charge in [-0.1, -0.05) is 29.8 Å². The van der Waals surface area contributed by atoms with Crippen LogP contribution < -0.4 is 14.4 Å². The molecule has 1 aliphatic heterocycles. The van der Waals surface area contributed by atoms with Gasteiger partial charge in [-0.3, -0.25) is 9.59 Å². The van der Waals surface area contributed by atoms with E-state index >= 15 is 0 Å². The second kappa shape index (κ2) is 8.73. The SMILES string of the molecule is COc1cc(OC)cc(N2C(=O)C(SCc3ccco3)=C(c3ccc(C)cc3)C2=O)c1. The third kappa shape index (κ3) is 4.09. The molecule has 4 rings (SSSR count). The summed E-state index contributed by atoms with van der Waals surface area (Å²) in [6.45, 7) is 1.97. The van der Waals surface area contributed by atoms with Crippen LogP contribution >= 0.6 is 11.8 Å². The molecule has 0 bridgehead atoms. The van der Waals surface area contributed by atoms with Crippen LogP contribution in [0.5, 0.6) is 11.5 Å². The number of hydrogen-bond acceptors (Lipinski definition) is 6. The Labute approximate surface area is 184 Å². The Kier molecular flexibility index (Phi) is 5.86. The molecule has 0 fully saturated rings. The number of hydrogen-bond donors (Lipinski definition) is 0. The van der Waals surface area contributed by atoms with Crippen LogP contribution in [0.4, 0.5) is 5.69 Å². The second-order valence-electron chi connectivity index (χ2n) is 6.95. The lowest BCUT2D eigenvalue weighted by molar-refractivity contribution is -0.119. The summed E-state index contributed by atoms with van der Waals surface area (Å²) in [5.41, 5.74) is 2.54. The number of aryl methyl sites for hydroxylation is 1. The van der Waals surface area contributed by atoms with Gasteiger partial charge in [-0.05, 0) is 24.6 Å². The highest BCUT2D eigenvalue weighted by atomic mass is 32.2. The van der Waals surface area contributed by atoms with E-state index in [0.29, 0.717) is 39.0 Å². The van der Waals surface area contributed by atoms with Crippen LogP contribution in [0.15, 0.2) is 70.2 Å². The number of carbonyl (C=O) groups is 2. The maximum Gasteiger partial charge on any atom is 0.272 e. The van der Waals surface area contributed by atoms with Crippen LogP contribution in [0.2, 0.25) is 0 Å². The van der Waals surface area contributed by atoms with Gasteiger partial charge in [0.05, 0.1) is 42.4 Å². The van der Waals surface area contributed by atoms with E-state index in [9.17, 15) is 9.59 Å². The molecular formula is C24H21NO5S. The minimum atomic E-state index is -0.383. The van der Waals surface area contributed by atoms with Gasteiger partial charge in [0.1, 0.15) is 17.3 Å². The van der Waals surface area contributed by atoms with Crippen molar-refractivity contribution in [3.63, 3.8) is 0 Å². The lowest BCUT2D eigenvalue weighted by Gasteiger charge is -2.17. The average Bonchev–Trinajstić information content (AvgIpc) is 3.38. The third-order valence-corrected chi connectivity index (χ3v) is 6.01. The molecule has 2 amide bonds. The van der Waals surface area contributed by atoms with E-state index in [4.69, 9.17) is 13.9 Å². The summed E-state index contributed by atoms with van der Waals surface area (Å²) in [4.78, 5) is 28.5. The van der Waals surface area contributed by atoms with Crippen LogP contribution in [0, 0.1) is 6.92 Å². The molecule has 31 heavy (non-hydrogen) atoms. The largest absolute Gasteiger partial charge is 0.497 e. The van der Waals surface area contributed by atoms with Gasteiger partial charge in [-0.25, -0.2) is 4.90 Å². The van der Waals surface area contributed by atoms with Crippen LogP contribution in [-0.4, -0.2) is 26.0 Å². The highest BCUT2D eigenvalue weighted by molar-refractivity contribution is 8.03. The van der Waals surface area contributed by atoms with E-state index in [1.807, 2.05) is 37.3 Å². The molecule has 6 nitrogen and oxygen atoms in total. The van der Waals surface area contributed by atoms with Crippen molar-refractivity contribution in [2.45, 2.75) is 12.7 Å². The smallest absolute Gasteiger partial charge is 0.272 e. The van der Waals surface area contributed by atoms with Gasteiger partial charge in [0.25, 0.3) is 11.8 Å². The van der Waals surface area contributed by atoms with Gasteiger partial charge in [-0.2, -0.15) is 0 Å². The molecule has 0 atom stereocenters. The fourth-order valence-corrected chi connectivity index (χ4v) is 4.33. The van der Waals surface area contributed by atoms with E-state index < -0.39 is 0 Å². The van der Waals surface area contributed by atoms with Crippen molar-refractivity contribution in [1.29, 1.82) is 0 Å². The number of carbonyl (C=O) groups excluding carboxylic acids is 2. The van der Waals surface area contributed by atoms with E-state index in [-0.39, 0.29) is 11.8 Å². The minimum absolute atomic E-state index is 0.378. The number of methoxy groups -OCH3 is 2. The van der Waals surface area contributed by atoms with Crippen LogP contribution in [0.3, 0.4) is 0 Å². The number of ether oxygens (including phenoxy) is 2. The first-order valence-corrected chi connectivity index (χ1v) is 10.6. The van der Waals surface area contributed by atoms with Crippen molar-refractivity contribution in [2.24, 2.45) is 0 Å². The van der Waals surface area contributed by atoms with Gasteiger partial charge < -0.3 is 13.9 Å². The number of amides is 2. The quantitative estimate of drug-likeness (QED) is 0.496. The van der Waals surface area contributed by atoms with Gasteiger partial charge >= 0.3 is 0 Å². The Bertz CT molecular complexity index is 1130. The van der Waals surface area contributed by atoms with Gasteiger partial charge in [-0.15, -0.1) is 11.8 Å². The number of imide groups is 1. The highest BCUT2D eigenvalue weighted by Gasteiger charge is 2.40. The number of anilines is 1. The summed E-state index contributed by atoms with van der Waals surface area (Å²) in [6, 6.07) is 16.2. The molecule has 0 aliphatic carbocycles. The predicted octanol–water partition coefficient (Wildman–Crippen LogP) is 4.82. The topological polar surface area (TPSA) is 69.0 Å². The van der Waals surface area contributed by atoms with E-state index in [1.54, 1.807) is 30.5 Å². The van der Waals surface area contributed by atoms with Crippen LogP contribution in [-0.2, 0) is 15.3 Å². The number of rotatable bonds is 7. The van der Waals surface area contributed by atoms with Crippen molar-refractivity contribution in [3.05, 3.63) is 82.7 Å². The van der Waals surface area contributed by atoms with Crippen molar-refractivity contribution < 1.29 is 23.5 Å². The van der Waals surface area contributed by atoms with Crippen LogP contribution in [0.25, 0.3) is 5.57 Å². The Hall–Kier alpha value is -3.45. The molecule has 2 heterocycles. The number of benzene rings is 2. The normalized spacial score (nSPS) is 13.8. The van der Waals surface area contributed by atoms with E-state index in [0.717, 1.165) is 11.3 Å². The maximum atomic E-state index is 13.5. The maximum absolute atomic E-state index is 13.5. The summed E-state index contributed by atoms with van der Waals surface area (Å²) >= 11 is 1.29. The molecule has 1 aromatic heterocycles. The molecule has 1 aliphatic rings. The molecule has 2 aromatic carbocycles. The average molecular weight is 436 g/mol. The van der Waals surface area contributed by atoms with Crippen molar-refractivity contribution in [3.8, 4) is 11.5 Å². The molecule has 7 heteroatoms. The fraction of sp³-hybridized carbons (Fsp3) is 0.167. The summed E-state index contributed by atoms with van der Waals surface area (Å²) in [5, 5.41) is 0. The zero-order valence-corrected chi connectivity index (χ0v) is 18.2. The highest BCUT2D eigenvalue weighted by Crippen LogP contribution is 2.41. The third-order valence-electron chi connectivity index (χ3n) is 4.91. The minimum Gasteiger partial charge on any atom is -0.497 e. The Morgan fingerprint density at radius 1 is 0.935 bits per heavy atom.